The molecule has 11 heteroatoms. The number of benzene rings is 2. The van der Waals surface area contributed by atoms with Crippen LogP contribution in [0.25, 0.3) is 6.08 Å². The molecular weight excluding hydrogens is 598 g/mol. The van der Waals surface area contributed by atoms with Gasteiger partial charge in [0, 0.05) is 29.2 Å². The Morgan fingerprint density at radius 2 is 1.95 bits per heavy atom. The molecule has 0 aliphatic carbocycles. The number of esters is 1. The third kappa shape index (κ3) is 4.92. The average molecular weight is 629 g/mol. The minimum absolute atomic E-state index is 0.117. The zero-order chi connectivity index (χ0) is 28.6. The van der Waals surface area contributed by atoms with Crippen LogP contribution in [0.4, 0.5) is 5.69 Å². The number of hydrogen-bond acceptors (Lipinski definition) is 9. The fraction of sp³-hybridized carbons (Fsp3) is 0.345. The Labute approximate surface area is 244 Å². The Morgan fingerprint density at radius 1 is 1.20 bits per heavy atom. The molecule has 0 spiro atoms. The van der Waals surface area contributed by atoms with Crippen LogP contribution in [0.5, 0.6) is 17.2 Å². The van der Waals surface area contributed by atoms with Crippen LogP contribution < -0.4 is 34.0 Å². The van der Waals surface area contributed by atoms with Crippen LogP contribution in [0, 0.1) is 0 Å². The van der Waals surface area contributed by atoms with Crippen molar-refractivity contribution in [3.8, 4) is 17.2 Å². The van der Waals surface area contributed by atoms with Crippen molar-refractivity contribution in [1.82, 2.24) is 4.57 Å². The first-order valence-electron chi connectivity index (χ1n) is 13.0. The number of aromatic nitrogens is 1. The molecule has 1 atom stereocenters. The molecule has 2 aliphatic rings. The number of thiazole rings is 1. The molecule has 2 aromatic carbocycles. The van der Waals surface area contributed by atoms with E-state index < -0.39 is 12.0 Å². The molecule has 1 aromatic heterocycles. The quantitative estimate of drug-likeness (QED) is 0.347. The van der Waals surface area contributed by atoms with E-state index in [0.29, 0.717) is 43.4 Å². The molecule has 5 rings (SSSR count). The normalized spacial score (nSPS) is 16.1. The molecule has 0 bridgehead atoms. The lowest BCUT2D eigenvalue weighted by Gasteiger charge is -2.24. The summed E-state index contributed by atoms with van der Waals surface area (Å²) in [6, 6.07) is 8.60. The second-order valence-corrected chi connectivity index (χ2v) is 11.0. The molecule has 0 N–H and O–H groups in total. The zero-order valence-corrected chi connectivity index (χ0v) is 25.3. The third-order valence-electron chi connectivity index (χ3n) is 6.92. The maximum atomic E-state index is 14.0. The summed E-state index contributed by atoms with van der Waals surface area (Å²) in [4.78, 5) is 34.5. The molecule has 210 valence electrons. The number of halogens is 1. The van der Waals surface area contributed by atoms with Gasteiger partial charge in [0.2, 0.25) is 6.79 Å². The van der Waals surface area contributed by atoms with Crippen molar-refractivity contribution in [1.29, 1.82) is 0 Å². The molecule has 9 nitrogen and oxygen atoms in total. The highest BCUT2D eigenvalue weighted by Crippen LogP contribution is 2.38. The van der Waals surface area contributed by atoms with E-state index in [2.05, 4.69) is 39.7 Å². The molecule has 3 aromatic rings. The number of carbonyl (C=O) groups is 1. The Morgan fingerprint density at radius 3 is 2.65 bits per heavy atom. The monoisotopic (exact) mass is 627 g/mol. The van der Waals surface area contributed by atoms with Crippen LogP contribution in [0.3, 0.4) is 0 Å². The van der Waals surface area contributed by atoms with E-state index in [1.807, 2.05) is 18.2 Å². The van der Waals surface area contributed by atoms with Crippen LogP contribution in [-0.2, 0) is 9.53 Å². The number of hydrogen-bond donors (Lipinski definition) is 0. The largest absolute Gasteiger partial charge is 0.496 e. The smallest absolute Gasteiger partial charge is 0.338 e. The van der Waals surface area contributed by atoms with Crippen molar-refractivity contribution in [3.63, 3.8) is 0 Å². The number of anilines is 1. The summed E-state index contributed by atoms with van der Waals surface area (Å²) in [5.41, 5.74) is 2.99. The molecular formula is C29H30BrN3O6S. The van der Waals surface area contributed by atoms with E-state index in [4.69, 9.17) is 18.9 Å². The van der Waals surface area contributed by atoms with Gasteiger partial charge in [0.1, 0.15) is 5.75 Å². The van der Waals surface area contributed by atoms with Crippen LogP contribution >= 0.6 is 27.3 Å². The minimum atomic E-state index is -0.745. The van der Waals surface area contributed by atoms with Gasteiger partial charge in [-0.3, -0.25) is 9.36 Å². The average Bonchev–Trinajstić information content (AvgIpc) is 3.53. The summed E-state index contributed by atoms with van der Waals surface area (Å²) in [5.74, 6) is 1.30. The zero-order valence-electron chi connectivity index (χ0n) is 22.9. The fourth-order valence-electron chi connectivity index (χ4n) is 4.99. The molecule has 0 amide bonds. The van der Waals surface area contributed by atoms with Crippen molar-refractivity contribution in [2.75, 3.05) is 38.5 Å². The maximum Gasteiger partial charge on any atom is 0.338 e. The molecule has 0 unspecified atom stereocenters. The number of carbonyl (C=O) groups excluding carboxylic acids is 1. The van der Waals surface area contributed by atoms with Gasteiger partial charge in [-0.15, -0.1) is 0 Å². The topological polar surface area (TPSA) is 91.6 Å². The van der Waals surface area contributed by atoms with Crippen LogP contribution in [0.2, 0.25) is 0 Å². The summed E-state index contributed by atoms with van der Waals surface area (Å²) >= 11 is 4.96. The van der Waals surface area contributed by atoms with Gasteiger partial charge in [0.05, 0.1) is 41.2 Å². The Balaban J connectivity index is 1.69. The molecule has 40 heavy (non-hydrogen) atoms. The standard InChI is InChI=1S/C29H30BrN3O6S/c1-6-32(7-2)20-14-22(36-5)18(11-19(20)30)13-24-27(34)33-26(17-9-10-21-23(12-17)39-15-38-21)25(28(35)37-8-3)16(4)31-29(33)40-24/h9-14,26H,6-8,15H2,1-5H3/b24-13-/t26-/m0/s1. The number of rotatable bonds is 8. The van der Waals surface area contributed by atoms with Crippen LogP contribution in [0.15, 0.2) is 55.9 Å². The van der Waals surface area contributed by atoms with Gasteiger partial charge in [0.15, 0.2) is 16.3 Å². The van der Waals surface area contributed by atoms with Crippen LogP contribution in [-0.4, -0.2) is 44.1 Å². The van der Waals surface area contributed by atoms with E-state index in [1.54, 1.807) is 43.7 Å². The summed E-state index contributed by atoms with van der Waals surface area (Å²) in [7, 11) is 1.61. The summed E-state index contributed by atoms with van der Waals surface area (Å²) in [6.07, 6.45) is 1.81. The van der Waals surface area contributed by atoms with Crippen molar-refractivity contribution < 1.29 is 23.7 Å². The van der Waals surface area contributed by atoms with Gasteiger partial charge in [-0.2, -0.15) is 0 Å². The number of allylic oxidation sites excluding steroid dienone is 1. The highest BCUT2D eigenvalue weighted by molar-refractivity contribution is 9.10. The Kier molecular flexibility index (Phi) is 8.04. The number of ether oxygens (including phenoxy) is 4. The van der Waals surface area contributed by atoms with E-state index in [-0.39, 0.29) is 19.0 Å². The second-order valence-electron chi connectivity index (χ2n) is 9.13. The van der Waals surface area contributed by atoms with Crippen molar-refractivity contribution >= 4 is 45.0 Å². The van der Waals surface area contributed by atoms with Gasteiger partial charge < -0.3 is 23.8 Å². The highest BCUT2D eigenvalue weighted by atomic mass is 79.9. The predicted octanol–water partition coefficient (Wildman–Crippen LogP) is 4.14. The Hall–Kier alpha value is -3.57. The maximum absolute atomic E-state index is 14.0. The second kappa shape index (κ2) is 11.5. The molecule has 2 aliphatic heterocycles. The van der Waals surface area contributed by atoms with E-state index in [0.717, 1.165) is 28.8 Å². The molecule has 0 radical (unpaired) electrons. The van der Waals surface area contributed by atoms with Gasteiger partial charge in [0.25, 0.3) is 5.56 Å². The third-order valence-corrected chi connectivity index (χ3v) is 8.54. The van der Waals surface area contributed by atoms with Crippen molar-refractivity contribution in [2.45, 2.75) is 33.7 Å². The number of methoxy groups -OCH3 is 1. The SMILES string of the molecule is CCOC(=O)C1=C(C)N=c2s/c(=C\c3cc(Br)c(N(CC)CC)cc3OC)c(=O)n2[C@H]1c1ccc2c(c1)OCO2. The van der Waals surface area contributed by atoms with Crippen molar-refractivity contribution in [3.05, 3.63) is 76.9 Å². The summed E-state index contributed by atoms with van der Waals surface area (Å²) in [5, 5.41) is 0. The molecule has 0 fully saturated rings. The van der Waals surface area contributed by atoms with Crippen LogP contribution in [0.1, 0.15) is 44.9 Å². The van der Waals surface area contributed by atoms with E-state index in [9.17, 15) is 9.59 Å². The lowest BCUT2D eigenvalue weighted by molar-refractivity contribution is -0.139. The molecule has 0 saturated heterocycles. The molecule has 3 heterocycles. The first-order chi connectivity index (χ1) is 19.3. The number of nitrogens with zero attached hydrogens (tertiary/aromatic N) is 3. The van der Waals surface area contributed by atoms with Gasteiger partial charge in [-0.05, 0) is 73.5 Å². The lowest BCUT2D eigenvalue weighted by atomic mass is 9.95. The van der Waals surface area contributed by atoms with Gasteiger partial charge in [-0.25, -0.2) is 9.79 Å². The van der Waals surface area contributed by atoms with Gasteiger partial charge in [-0.1, -0.05) is 17.4 Å². The first-order valence-corrected chi connectivity index (χ1v) is 14.6. The predicted molar refractivity (Wildman–Crippen MR) is 157 cm³/mol. The lowest BCUT2D eigenvalue weighted by Crippen LogP contribution is -2.39. The molecule has 0 saturated carbocycles. The van der Waals surface area contributed by atoms with Crippen molar-refractivity contribution in [2.24, 2.45) is 4.99 Å². The Bertz CT molecular complexity index is 1690. The highest BCUT2D eigenvalue weighted by Gasteiger charge is 2.34. The minimum Gasteiger partial charge on any atom is -0.496 e. The summed E-state index contributed by atoms with van der Waals surface area (Å²) in [6.45, 7) is 9.71. The van der Waals surface area contributed by atoms with E-state index in [1.165, 1.54) is 11.3 Å². The summed E-state index contributed by atoms with van der Waals surface area (Å²) < 4.78 is 25.1. The van der Waals surface area contributed by atoms with Gasteiger partial charge >= 0.3 is 5.97 Å². The van der Waals surface area contributed by atoms with E-state index >= 15 is 0 Å². The first kappa shape index (κ1) is 28.0. The number of fused-ring (bicyclic) bond motifs is 2. The fourth-order valence-corrected chi connectivity index (χ4v) is 6.63.